The number of nitrogens with zero attached hydrogens (tertiary/aromatic N) is 1. The van der Waals surface area contributed by atoms with Gasteiger partial charge in [-0.2, -0.15) is 0 Å². The van der Waals surface area contributed by atoms with Crippen molar-refractivity contribution in [1.82, 2.24) is 4.90 Å². The summed E-state index contributed by atoms with van der Waals surface area (Å²) in [6, 6.07) is 18.6. The van der Waals surface area contributed by atoms with Gasteiger partial charge in [0.05, 0.1) is 0 Å². The molecule has 2 aromatic rings. The summed E-state index contributed by atoms with van der Waals surface area (Å²) in [4.78, 5) is 14.0. The van der Waals surface area contributed by atoms with E-state index in [0.717, 1.165) is 31.4 Å². The number of aryl methyl sites for hydroxylation is 2. The molecule has 1 fully saturated rings. The number of rotatable bonds is 6. The van der Waals surface area contributed by atoms with E-state index >= 15 is 0 Å². The monoisotopic (exact) mass is 338 g/mol. The van der Waals surface area contributed by atoms with Crippen LogP contribution in [0, 0.1) is 5.92 Å². The van der Waals surface area contributed by atoms with Gasteiger partial charge in [0.15, 0.2) is 0 Å². The molecule has 1 heterocycles. The molecule has 0 aliphatic carbocycles. The molecule has 2 N–H and O–H groups in total. The number of carbonyl (C=O) groups excluding carboxylic acids is 1. The molecule has 3 rings (SSSR count). The lowest BCUT2D eigenvalue weighted by molar-refractivity contribution is 0.209. The molecule has 0 aromatic heterocycles. The maximum absolute atomic E-state index is 12.2. The summed E-state index contributed by atoms with van der Waals surface area (Å²) in [6.07, 6.45) is 4.12. The van der Waals surface area contributed by atoms with Crippen LogP contribution in [0.25, 0.3) is 0 Å². The van der Waals surface area contributed by atoms with Crippen LogP contribution in [0.2, 0.25) is 0 Å². The van der Waals surface area contributed by atoms with Crippen molar-refractivity contribution in [3.8, 4) is 0 Å². The van der Waals surface area contributed by atoms with Gasteiger partial charge in [0, 0.05) is 31.3 Å². The second-order valence-corrected chi connectivity index (χ2v) is 6.75. The average molecular weight is 338 g/mol. The number of carbonyl (C=O) groups is 1. The van der Waals surface area contributed by atoms with Gasteiger partial charge in [-0.3, -0.25) is 0 Å². The molecule has 1 aliphatic heterocycles. The van der Waals surface area contributed by atoms with E-state index in [-0.39, 0.29) is 18.6 Å². The van der Waals surface area contributed by atoms with E-state index in [2.05, 4.69) is 41.7 Å². The number of aliphatic hydroxyl groups is 1. The van der Waals surface area contributed by atoms with E-state index in [0.29, 0.717) is 13.1 Å². The van der Waals surface area contributed by atoms with Crippen molar-refractivity contribution in [2.75, 3.05) is 25.0 Å². The number of anilines is 1. The SMILES string of the molecule is O=C(Nc1ccc(CCCc2ccccc2)cc1)N1CCC(CO)C1. The molecule has 0 spiro atoms. The zero-order valence-corrected chi connectivity index (χ0v) is 14.5. The first-order chi connectivity index (χ1) is 12.2. The summed E-state index contributed by atoms with van der Waals surface area (Å²) in [7, 11) is 0. The Labute approximate surface area is 149 Å². The molecule has 1 atom stereocenters. The van der Waals surface area contributed by atoms with Crippen LogP contribution in [0.1, 0.15) is 24.0 Å². The largest absolute Gasteiger partial charge is 0.396 e. The van der Waals surface area contributed by atoms with Crippen LogP contribution in [0.15, 0.2) is 54.6 Å². The molecule has 0 saturated carbocycles. The van der Waals surface area contributed by atoms with Crippen molar-refractivity contribution in [3.63, 3.8) is 0 Å². The molecule has 1 aliphatic rings. The molecule has 4 nitrogen and oxygen atoms in total. The molecule has 0 bridgehead atoms. The molecule has 1 unspecified atom stereocenters. The van der Waals surface area contributed by atoms with Crippen LogP contribution in [0.4, 0.5) is 10.5 Å². The number of likely N-dealkylation sites (tertiary alicyclic amines) is 1. The molecular weight excluding hydrogens is 312 g/mol. The lowest BCUT2D eigenvalue weighted by Gasteiger charge is -2.17. The molecule has 25 heavy (non-hydrogen) atoms. The number of amides is 2. The summed E-state index contributed by atoms with van der Waals surface area (Å²) >= 11 is 0. The predicted octanol–water partition coefficient (Wildman–Crippen LogP) is 3.71. The van der Waals surface area contributed by atoms with Crippen molar-refractivity contribution in [3.05, 3.63) is 65.7 Å². The van der Waals surface area contributed by atoms with Crippen LogP contribution in [0.3, 0.4) is 0 Å². The number of hydrogen-bond acceptors (Lipinski definition) is 2. The van der Waals surface area contributed by atoms with E-state index in [1.54, 1.807) is 4.90 Å². The van der Waals surface area contributed by atoms with Gasteiger partial charge < -0.3 is 15.3 Å². The summed E-state index contributed by atoms with van der Waals surface area (Å²) in [5.41, 5.74) is 3.48. The lowest BCUT2D eigenvalue weighted by atomic mass is 10.0. The average Bonchev–Trinajstić information content (AvgIpc) is 3.13. The first kappa shape index (κ1) is 17.5. The highest BCUT2D eigenvalue weighted by Gasteiger charge is 2.25. The summed E-state index contributed by atoms with van der Waals surface area (Å²) in [6.45, 7) is 1.51. The van der Waals surface area contributed by atoms with Gasteiger partial charge in [0.25, 0.3) is 0 Å². The van der Waals surface area contributed by atoms with Gasteiger partial charge in [0.2, 0.25) is 0 Å². The maximum Gasteiger partial charge on any atom is 0.321 e. The smallest absolute Gasteiger partial charge is 0.321 e. The minimum Gasteiger partial charge on any atom is -0.396 e. The van der Waals surface area contributed by atoms with Crippen molar-refractivity contribution < 1.29 is 9.90 Å². The third-order valence-electron chi connectivity index (χ3n) is 4.81. The lowest BCUT2D eigenvalue weighted by Crippen LogP contribution is -2.33. The predicted molar refractivity (Wildman–Crippen MR) is 101 cm³/mol. The maximum atomic E-state index is 12.2. The summed E-state index contributed by atoms with van der Waals surface area (Å²) in [5.74, 6) is 0.220. The van der Waals surface area contributed by atoms with Crippen molar-refractivity contribution >= 4 is 11.7 Å². The number of aliphatic hydroxyl groups excluding tert-OH is 1. The van der Waals surface area contributed by atoms with Crippen LogP contribution < -0.4 is 5.32 Å². The standard InChI is InChI=1S/C21H26N2O2/c24-16-19-13-14-23(15-19)21(25)22-20-11-9-18(10-12-20)8-4-7-17-5-2-1-3-6-17/h1-3,5-6,9-12,19,24H,4,7-8,13-16H2,(H,22,25). The number of nitrogens with one attached hydrogen (secondary N) is 1. The van der Waals surface area contributed by atoms with Crippen molar-refractivity contribution in [2.24, 2.45) is 5.92 Å². The van der Waals surface area contributed by atoms with Crippen molar-refractivity contribution in [2.45, 2.75) is 25.7 Å². The van der Waals surface area contributed by atoms with Gasteiger partial charge in [0.1, 0.15) is 0 Å². The molecular formula is C21H26N2O2. The minimum absolute atomic E-state index is 0.0761. The third-order valence-corrected chi connectivity index (χ3v) is 4.81. The summed E-state index contributed by atoms with van der Waals surface area (Å²) in [5, 5.41) is 12.1. The Morgan fingerprint density at radius 2 is 1.72 bits per heavy atom. The molecule has 1 saturated heterocycles. The molecule has 132 valence electrons. The fraction of sp³-hybridized carbons (Fsp3) is 0.381. The second-order valence-electron chi connectivity index (χ2n) is 6.75. The minimum atomic E-state index is -0.0761. The quantitative estimate of drug-likeness (QED) is 0.844. The van der Waals surface area contributed by atoms with E-state index in [4.69, 9.17) is 0 Å². The fourth-order valence-electron chi connectivity index (χ4n) is 3.26. The van der Waals surface area contributed by atoms with E-state index in [1.165, 1.54) is 11.1 Å². The van der Waals surface area contributed by atoms with Gasteiger partial charge in [-0.1, -0.05) is 42.5 Å². The van der Waals surface area contributed by atoms with Crippen molar-refractivity contribution in [1.29, 1.82) is 0 Å². The van der Waals surface area contributed by atoms with E-state index < -0.39 is 0 Å². The van der Waals surface area contributed by atoms with E-state index in [1.807, 2.05) is 18.2 Å². The third kappa shape index (κ3) is 5.07. The van der Waals surface area contributed by atoms with E-state index in [9.17, 15) is 9.90 Å². The van der Waals surface area contributed by atoms with Gasteiger partial charge in [-0.15, -0.1) is 0 Å². The highest BCUT2D eigenvalue weighted by molar-refractivity contribution is 5.89. The Balaban J connectivity index is 1.45. The molecule has 0 radical (unpaired) electrons. The van der Waals surface area contributed by atoms with Gasteiger partial charge in [-0.25, -0.2) is 4.79 Å². The summed E-state index contributed by atoms with van der Waals surface area (Å²) < 4.78 is 0. The zero-order chi connectivity index (χ0) is 17.5. The number of hydrogen-bond donors (Lipinski definition) is 2. The van der Waals surface area contributed by atoms with Crippen LogP contribution >= 0.6 is 0 Å². The van der Waals surface area contributed by atoms with Crippen LogP contribution in [0.5, 0.6) is 0 Å². The highest BCUT2D eigenvalue weighted by atomic mass is 16.3. The molecule has 2 aromatic carbocycles. The Kier molecular flexibility index (Phi) is 6.07. The van der Waals surface area contributed by atoms with Crippen LogP contribution in [-0.4, -0.2) is 35.7 Å². The molecule has 4 heteroatoms. The number of urea groups is 1. The van der Waals surface area contributed by atoms with Gasteiger partial charge >= 0.3 is 6.03 Å². The highest BCUT2D eigenvalue weighted by Crippen LogP contribution is 2.18. The van der Waals surface area contributed by atoms with Crippen LogP contribution in [-0.2, 0) is 12.8 Å². The zero-order valence-electron chi connectivity index (χ0n) is 14.5. The fourth-order valence-corrected chi connectivity index (χ4v) is 3.26. The Bertz CT molecular complexity index is 670. The first-order valence-electron chi connectivity index (χ1n) is 9.04. The topological polar surface area (TPSA) is 52.6 Å². The Hall–Kier alpha value is -2.33. The number of benzene rings is 2. The normalized spacial score (nSPS) is 16.8. The Morgan fingerprint density at radius 1 is 1.04 bits per heavy atom. The molecule has 2 amide bonds. The second kappa shape index (κ2) is 8.67. The first-order valence-corrected chi connectivity index (χ1v) is 9.04. The van der Waals surface area contributed by atoms with Gasteiger partial charge in [-0.05, 0) is 48.9 Å². The Morgan fingerprint density at radius 3 is 2.36 bits per heavy atom.